The number of anilines is 1. The SMILES string of the molecule is CSc1cccc(NC(=O)C(=O)NCC(O)c2cn(C)c3ccccc23)c1. The molecule has 7 heteroatoms. The predicted octanol–water partition coefficient (Wildman–Crippen LogP) is 2.69. The summed E-state index contributed by atoms with van der Waals surface area (Å²) in [5.41, 5.74) is 2.25. The molecule has 2 aromatic carbocycles. The van der Waals surface area contributed by atoms with Gasteiger partial charge in [-0.3, -0.25) is 9.59 Å². The van der Waals surface area contributed by atoms with E-state index in [4.69, 9.17) is 0 Å². The van der Waals surface area contributed by atoms with Gasteiger partial charge in [0.05, 0.1) is 6.10 Å². The van der Waals surface area contributed by atoms with E-state index in [0.29, 0.717) is 11.3 Å². The Hall–Kier alpha value is -2.77. The van der Waals surface area contributed by atoms with E-state index in [2.05, 4.69) is 10.6 Å². The molecule has 1 aromatic heterocycles. The second kappa shape index (κ2) is 8.28. The predicted molar refractivity (Wildman–Crippen MR) is 108 cm³/mol. The number of carbonyl (C=O) groups excluding carboxylic acids is 2. The van der Waals surface area contributed by atoms with Gasteiger partial charge in [0.1, 0.15) is 0 Å². The molecule has 3 rings (SSSR count). The number of nitrogens with zero attached hydrogens (tertiary/aromatic N) is 1. The van der Waals surface area contributed by atoms with Gasteiger partial charge in [0.2, 0.25) is 0 Å². The van der Waals surface area contributed by atoms with Crippen molar-refractivity contribution in [1.29, 1.82) is 0 Å². The van der Waals surface area contributed by atoms with Crippen LogP contribution in [0.15, 0.2) is 59.6 Å². The van der Waals surface area contributed by atoms with Crippen LogP contribution >= 0.6 is 11.8 Å². The topological polar surface area (TPSA) is 83.4 Å². The number of thioether (sulfide) groups is 1. The summed E-state index contributed by atoms with van der Waals surface area (Å²) in [6, 6.07) is 14.9. The van der Waals surface area contributed by atoms with Crippen LogP contribution in [0.25, 0.3) is 10.9 Å². The van der Waals surface area contributed by atoms with E-state index in [9.17, 15) is 14.7 Å². The average Bonchev–Trinajstić information content (AvgIpc) is 3.03. The third kappa shape index (κ3) is 4.32. The van der Waals surface area contributed by atoms with Gasteiger partial charge in [0.15, 0.2) is 0 Å². The van der Waals surface area contributed by atoms with Gasteiger partial charge in [0.25, 0.3) is 0 Å². The Bertz CT molecular complexity index is 984. The van der Waals surface area contributed by atoms with Crippen molar-refractivity contribution in [2.45, 2.75) is 11.0 Å². The maximum absolute atomic E-state index is 12.1. The Morgan fingerprint density at radius 1 is 1.15 bits per heavy atom. The van der Waals surface area contributed by atoms with E-state index in [1.165, 1.54) is 0 Å². The number of carbonyl (C=O) groups is 2. The minimum atomic E-state index is -0.910. The number of hydrogen-bond donors (Lipinski definition) is 3. The molecule has 0 spiro atoms. The lowest BCUT2D eigenvalue weighted by Gasteiger charge is -2.12. The summed E-state index contributed by atoms with van der Waals surface area (Å²) in [5, 5.41) is 16.4. The van der Waals surface area contributed by atoms with Crippen LogP contribution in [0.1, 0.15) is 11.7 Å². The number of aromatic nitrogens is 1. The summed E-state index contributed by atoms with van der Waals surface area (Å²) in [7, 11) is 1.90. The van der Waals surface area contributed by atoms with Gasteiger partial charge in [-0.05, 0) is 30.5 Å². The quantitative estimate of drug-likeness (QED) is 0.467. The first kappa shape index (κ1) is 19.0. The zero-order valence-corrected chi connectivity index (χ0v) is 15.9. The third-order valence-corrected chi connectivity index (χ3v) is 5.00. The number of nitrogens with one attached hydrogen (secondary N) is 2. The highest BCUT2D eigenvalue weighted by Gasteiger charge is 2.18. The van der Waals surface area contributed by atoms with E-state index in [0.717, 1.165) is 15.8 Å². The highest BCUT2D eigenvalue weighted by atomic mass is 32.2. The Morgan fingerprint density at radius 2 is 1.93 bits per heavy atom. The van der Waals surface area contributed by atoms with Crippen molar-refractivity contribution in [2.75, 3.05) is 18.1 Å². The number of amides is 2. The normalized spacial score (nSPS) is 12.0. The molecule has 6 nitrogen and oxygen atoms in total. The maximum Gasteiger partial charge on any atom is 0.313 e. The van der Waals surface area contributed by atoms with Crippen LogP contribution in [0.5, 0.6) is 0 Å². The smallest absolute Gasteiger partial charge is 0.313 e. The molecule has 0 aliphatic rings. The molecule has 2 amide bonds. The van der Waals surface area contributed by atoms with Crippen molar-refractivity contribution in [3.63, 3.8) is 0 Å². The lowest BCUT2D eigenvalue weighted by Crippen LogP contribution is -2.37. The van der Waals surface area contributed by atoms with E-state index in [1.807, 2.05) is 60.5 Å². The minimum absolute atomic E-state index is 0.0505. The fraction of sp³-hybridized carbons (Fsp3) is 0.200. The minimum Gasteiger partial charge on any atom is -0.386 e. The van der Waals surface area contributed by atoms with Crippen LogP contribution in [0.4, 0.5) is 5.69 Å². The zero-order chi connectivity index (χ0) is 19.4. The number of hydrogen-bond acceptors (Lipinski definition) is 4. The standard InChI is InChI=1S/C20H21N3O3S/c1-23-12-16(15-8-3-4-9-17(15)23)18(24)11-21-19(25)20(26)22-13-6-5-7-14(10-13)27-2/h3-10,12,18,24H,11H2,1-2H3,(H,21,25)(H,22,26). The fourth-order valence-corrected chi connectivity index (χ4v) is 3.37. The number of aliphatic hydroxyl groups is 1. The van der Waals surface area contributed by atoms with Gasteiger partial charge in [0, 0.05) is 46.8 Å². The van der Waals surface area contributed by atoms with Crippen LogP contribution in [0, 0.1) is 0 Å². The summed E-state index contributed by atoms with van der Waals surface area (Å²) in [5.74, 6) is -1.55. The van der Waals surface area contributed by atoms with Crippen molar-refractivity contribution in [3.8, 4) is 0 Å². The molecule has 0 aliphatic carbocycles. The van der Waals surface area contributed by atoms with Crippen LogP contribution < -0.4 is 10.6 Å². The summed E-state index contributed by atoms with van der Waals surface area (Å²) in [6.45, 7) is -0.0505. The Morgan fingerprint density at radius 3 is 2.70 bits per heavy atom. The number of benzene rings is 2. The monoisotopic (exact) mass is 383 g/mol. The number of aryl methyl sites for hydroxylation is 1. The summed E-state index contributed by atoms with van der Waals surface area (Å²) >= 11 is 1.55. The molecule has 0 bridgehead atoms. The summed E-state index contributed by atoms with van der Waals surface area (Å²) in [4.78, 5) is 25.1. The van der Waals surface area contributed by atoms with Crippen molar-refractivity contribution in [3.05, 3.63) is 60.3 Å². The second-order valence-corrected chi connectivity index (χ2v) is 7.00. The van der Waals surface area contributed by atoms with Gasteiger partial charge in [-0.15, -0.1) is 11.8 Å². The molecule has 1 heterocycles. The molecule has 1 atom stereocenters. The first-order valence-electron chi connectivity index (χ1n) is 8.45. The fourth-order valence-electron chi connectivity index (χ4n) is 2.91. The lowest BCUT2D eigenvalue weighted by atomic mass is 10.1. The van der Waals surface area contributed by atoms with Gasteiger partial charge >= 0.3 is 11.8 Å². The lowest BCUT2D eigenvalue weighted by molar-refractivity contribution is -0.136. The number of rotatable bonds is 5. The highest BCUT2D eigenvalue weighted by molar-refractivity contribution is 7.98. The Labute approximate surface area is 161 Å². The summed E-state index contributed by atoms with van der Waals surface area (Å²) in [6.07, 6.45) is 2.85. The molecule has 0 saturated carbocycles. The van der Waals surface area contributed by atoms with Crippen molar-refractivity contribution in [1.82, 2.24) is 9.88 Å². The molecule has 140 valence electrons. The maximum atomic E-state index is 12.1. The number of fused-ring (bicyclic) bond motifs is 1. The first-order chi connectivity index (χ1) is 13.0. The van der Waals surface area contributed by atoms with Gasteiger partial charge in [-0.2, -0.15) is 0 Å². The second-order valence-electron chi connectivity index (χ2n) is 6.12. The molecule has 3 N–H and O–H groups in total. The summed E-state index contributed by atoms with van der Waals surface area (Å²) < 4.78 is 1.92. The largest absolute Gasteiger partial charge is 0.386 e. The first-order valence-corrected chi connectivity index (χ1v) is 9.67. The highest BCUT2D eigenvalue weighted by Crippen LogP contribution is 2.25. The Balaban J connectivity index is 1.61. The zero-order valence-electron chi connectivity index (χ0n) is 15.1. The molecule has 0 aliphatic heterocycles. The van der Waals surface area contributed by atoms with Crippen LogP contribution in [-0.2, 0) is 16.6 Å². The van der Waals surface area contributed by atoms with Crippen LogP contribution in [0.2, 0.25) is 0 Å². The van der Waals surface area contributed by atoms with E-state index in [-0.39, 0.29) is 6.54 Å². The molecular weight excluding hydrogens is 362 g/mol. The van der Waals surface area contributed by atoms with E-state index < -0.39 is 17.9 Å². The Kier molecular flexibility index (Phi) is 5.83. The average molecular weight is 383 g/mol. The molecule has 3 aromatic rings. The van der Waals surface area contributed by atoms with Crippen molar-refractivity contribution >= 4 is 40.2 Å². The van der Waals surface area contributed by atoms with Gasteiger partial charge in [-0.1, -0.05) is 24.3 Å². The van der Waals surface area contributed by atoms with Crippen molar-refractivity contribution in [2.24, 2.45) is 7.05 Å². The number of para-hydroxylation sites is 1. The van der Waals surface area contributed by atoms with Crippen LogP contribution in [0.3, 0.4) is 0 Å². The number of aliphatic hydroxyl groups excluding tert-OH is 1. The molecule has 0 saturated heterocycles. The van der Waals surface area contributed by atoms with E-state index >= 15 is 0 Å². The molecule has 27 heavy (non-hydrogen) atoms. The molecule has 1 unspecified atom stereocenters. The van der Waals surface area contributed by atoms with E-state index in [1.54, 1.807) is 23.9 Å². The molecule has 0 fully saturated rings. The van der Waals surface area contributed by atoms with Crippen molar-refractivity contribution < 1.29 is 14.7 Å². The molecular formula is C20H21N3O3S. The molecule has 0 radical (unpaired) electrons. The third-order valence-electron chi connectivity index (χ3n) is 4.28. The van der Waals surface area contributed by atoms with Crippen LogP contribution in [-0.4, -0.2) is 34.3 Å². The van der Waals surface area contributed by atoms with Gasteiger partial charge < -0.3 is 20.3 Å². The van der Waals surface area contributed by atoms with Gasteiger partial charge in [-0.25, -0.2) is 0 Å².